The summed E-state index contributed by atoms with van der Waals surface area (Å²) >= 11 is 0. The Bertz CT molecular complexity index is 1120. The zero-order valence-electron chi connectivity index (χ0n) is 29.7. The summed E-state index contributed by atoms with van der Waals surface area (Å²) in [6, 6.07) is 0. The zero-order chi connectivity index (χ0) is 36.6. The van der Waals surface area contributed by atoms with Gasteiger partial charge in [-0.3, -0.25) is 19.2 Å². The maximum Gasteiger partial charge on any atom is 0.303 e. The van der Waals surface area contributed by atoms with E-state index in [1.54, 1.807) is 30.4 Å². The van der Waals surface area contributed by atoms with Crippen LogP contribution in [0.4, 0.5) is 0 Å². The maximum absolute atomic E-state index is 12.1. The first kappa shape index (κ1) is 42.9. The van der Waals surface area contributed by atoms with Gasteiger partial charge in [-0.15, -0.1) is 0 Å². The fourth-order valence-electron chi connectivity index (χ4n) is 4.65. The van der Waals surface area contributed by atoms with Crippen LogP contribution in [0.5, 0.6) is 0 Å². The van der Waals surface area contributed by atoms with E-state index in [0.717, 1.165) is 0 Å². The number of hydrogen-bond donors (Lipinski definition) is 0. The number of carbonyl (C=O) groups excluding carboxylic acids is 4. The van der Waals surface area contributed by atoms with Crippen LogP contribution >= 0.6 is 0 Å². The van der Waals surface area contributed by atoms with Gasteiger partial charge in [-0.2, -0.15) is 0 Å². The lowest BCUT2D eigenvalue weighted by Crippen LogP contribution is -2.60. The van der Waals surface area contributed by atoms with Gasteiger partial charge in [0.1, 0.15) is 31.6 Å². The van der Waals surface area contributed by atoms with Crippen molar-refractivity contribution in [3.05, 3.63) is 18.7 Å². The monoisotopic (exact) mass is 721 g/mol. The zero-order valence-corrected chi connectivity index (χ0v) is 29.7. The topological polar surface area (TPSA) is 188 Å². The van der Waals surface area contributed by atoms with Gasteiger partial charge in [0.05, 0.1) is 85.9 Å². The second kappa shape index (κ2) is 25.7. The summed E-state index contributed by atoms with van der Waals surface area (Å²) in [6.45, 7) is 10.9. The third-order valence-corrected chi connectivity index (χ3v) is 6.76. The van der Waals surface area contributed by atoms with E-state index in [4.69, 9.17) is 56.8 Å². The lowest BCUT2D eigenvalue weighted by molar-refractivity contribution is -0.698. The highest BCUT2D eigenvalue weighted by Gasteiger charge is 2.54. The Balaban J connectivity index is 1.72. The predicted octanol–water partition coefficient (Wildman–Crippen LogP) is -0.223. The molecule has 0 aromatic carbocycles. The van der Waals surface area contributed by atoms with Crippen LogP contribution in [0.15, 0.2) is 18.7 Å². The first-order valence-electron chi connectivity index (χ1n) is 16.4. The third-order valence-electron chi connectivity index (χ3n) is 6.76. The first-order chi connectivity index (χ1) is 24.1. The number of aromatic nitrogens is 2. The minimum Gasteiger partial charge on any atom is -0.463 e. The van der Waals surface area contributed by atoms with Crippen LogP contribution < -0.4 is 4.57 Å². The average Bonchev–Trinajstić information content (AvgIpc) is 3.53. The number of hydrogen-bond acceptors (Lipinski definition) is 16. The summed E-state index contributed by atoms with van der Waals surface area (Å²) in [4.78, 5) is 47.7. The molecule has 18 heteroatoms. The summed E-state index contributed by atoms with van der Waals surface area (Å²) in [7, 11) is 1.63. The molecular formula is C32H53N2O16+. The highest BCUT2D eigenvalue weighted by molar-refractivity contribution is 5.68. The highest BCUT2D eigenvalue weighted by Crippen LogP contribution is 2.34. The molecule has 0 amide bonds. The van der Waals surface area contributed by atoms with Crippen molar-refractivity contribution >= 4 is 23.9 Å². The normalized spacial score (nSPS) is 20.3. The Morgan fingerprint density at radius 2 is 1.04 bits per heavy atom. The number of methoxy groups -OCH3 is 1. The van der Waals surface area contributed by atoms with E-state index in [2.05, 4.69) is 0 Å². The summed E-state index contributed by atoms with van der Waals surface area (Å²) in [5.41, 5.74) is 0. The van der Waals surface area contributed by atoms with E-state index >= 15 is 0 Å². The largest absolute Gasteiger partial charge is 0.463 e. The van der Waals surface area contributed by atoms with E-state index in [1.807, 2.05) is 4.57 Å². The van der Waals surface area contributed by atoms with Crippen LogP contribution in [-0.4, -0.2) is 152 Å². The van der Waals surface area contributed by atoms with Gasteiger partial charge in [0.15, 0.2) is 12.2 Å². The number of carbonyl (C=O) groups is 4. The molecule has 1 saturated heterocycles. The molecule has 1 aliphatic rings. The Morgan fingerprint density at radius 1 is 0.600 bits per heavy atom. The van der Waals surface area contributed by atoms with Crippen molar-refractivity contribution in [2.45, 2.75) is 64.9 Å². The number of ether oxygens (including phenoxy) is 12. The molecule has 0 saturated carbocycles. The summed E-state index contributed by atoms with van der Waals surface area (Å²) in [5.74, 6) is -2.67. The molecule has 50 heavy (non-hydrogen) atoms. The van der Waals surface area contributed by atoms with Crippen molar-refractivity contribution < 1.29 is 80.6 Å². The number of rotatable bonds is 27. The van der Waals surface area contributed by atoms with Crippen molar-refractivity contribution in [3.8, 4) is 0 Å². The molecule has 0 N–H and O–H groups in total. The number of esters is 4. The van der Waals surface area contributed by atoms with Crippen LogP contribution in [0.2, 0.25) is 0 Å². The molecule has 0 unspecified atom stereocenters. The van der Waals surface area contributed by atoms with E-state index in [-0.39, 0.29) is 6.61 Å². The van der Waals surface area contributed by atoms with Gasteiger partial charge >= 0.3 is 23.9 Å². The molecule has 2 heterocycles. The molecule has 286 valence electrons. The van der Waals surface area contributed by atoms with Crippen LogP contribution in [0.3, 0.4) is 0 Å². The molecule has 2 rings (SSSR count). The Kier molecular flexibility index (Phi) is 22.1. The second-order valence-corrected chi connectivity index (χ2v) is 10.9. The van der Waals surface area contributed by atoms with Crippen molar-refractivity contribution in [1.82, 2.24) is 4.57 Å². The Morgan fingerprint density at radius 3 is 1.50 bits per heavy atom. The van der Waals surface area contributed by atoms with Gasteiger partial charge in [-0.1, -0.05) is 0 Å². The van der Waals surface area contributed by atoms with Crippen LogP contribution in [0.1, 0.15) is 33.9 Å². The summed E-state index contributed by atoms with van der Waals surface area (Å²) < 4.78 is 68.9. The van der Waals surface area contributed by atoms with E-state index in [1.165, 1.54) is 27.7 Å². The van der Waals surface area contributed by atoms with Gasteiger partial charge in [0, 0.05) is 34.8 Å². The molecule has 1 aromatic rings. The van der Waals surface area contributed by atoms with E-state index < -0.39 is 54.5 Å². The van der Waals surface area contributed by atoms with Crippen molar-refractivity contribution in [1.29, 1.82) is 0 Å². The molecule has 5 atom stereocenters. The standard InChI is InChI=1S/C32H53N2O16/c1-24(35)46-22-28-29(47-25(2)36)30(48-26(3)37)31(49-27(4)38)32(50-28)34-7-6-33(23-34)8-9-40-12-13-42-16-17-44-20-21-45-19-18-43-15-14-41-11-10-39-5/h6-7,23,28-32H,8-22H2,1-5H3/q+1/t28-,29-,30+,31-,32-/m1/s1. The van der Waals surface area contributed by atoms with Crippen LogP contribution in [0, 0.1) is 0 Å². The fourth-order valence-corrected chi connectivity index (χ4v) is 4.65. The molecular weight excluding hydrogens is 668 g/mol. The Labute approximate surface area is 292 Å². The molecule has 1 aliphatic heterocycles. The maximum atomic E-state index is 12.1. The molecule has 0 radical (unpaired) electrons. The number of nitrogens with zero attached hydrogens (tertiary/aromatic N) is 2. The molecule has 0 spiro atoms. The molecule has 1 aromatic heterocycles. The lowest BCUT2D eigenvalue weighted by Gasteiger charge is -2.42. The minimum atomic E-state index is -1.26. The minimum absolute atomic E-state index is 0.310. The molecule has 1 fully saturated rings. The van der Waals surface area contributed by atoms with Crippen LogP contribution in [0.25, 0.3) is 0 Å². The van der Waals surface area contributed by atoms with Gasteiger partial charge < -0.3 is 56.8 Å². The summed E-state index contributed by atoms with van der Waals surface area (Å²) in [5, 5.41) is 0. The Hall–Kier alpha value is -3.23. The van der Waals surface area contributed by atoms with E-state index in [0.29, 0.717) is 92.4 Å². The quantitative estimate of drug-likeness (QED) is 0.0502. The molecule has 0 aliphatic carbocycles. The molecule has 18 nitrogen and oxygen atoms in total. The van der Waals surface area contributed by atoms with Crippen molar-refractivity contribution in [3.63, 3.8) is 0 Å². The van der Waals surface area contributed by atoms with Gasteiger partial charge in [0.2, 0.25) is 18.7 Å². The summed E-state index contributed by atoms with van der Waals surface area (Å²) in [6.07, 6.45) is -0.656. The molecule has 0 bridgehead atoms. The van der Waals surface area contributed by atoms with Crippen molar-refractivity contribution in [2.24, 2.45) is 0 Å². The van der Waals surface area contributed by atoms with Gasteiger partial charge in [-0.25, -0.2) is 9.13 Å². The second-order valence-electron chi connectivity index (χ2n) is 10.9. The SMILES string of the molecule is COCCOCCOCCOCCOCCOCCOCC[n+]1ccn([C@@H]2O[C@H](COC(C)=O)[C@@H](OC(C)=O)[C@H](OC(C)=O)[C@H]2OC(C)=O)c1. The third kappa shape index (κ3) is 18.1. The fraction of sp³-hybridized carbons (Fsp3) is 0.781. The number of imidazole rings is 1. The lowest BCUT2D eigenvalue weighted by atomic mass is 9.97. The van der Waals surface area contributed by atoms with E-state index in [9.17, 15) is 19.2 Å². The van der Waals surface area contributed by atoms with Crippen LogP contribution in [-0.2, 0) is 82.6 Å². The average molecular weight is 722 g/mol. The smallest absolute Gasteiger partial charge is 0.303 e. The van der Waals surface area contributed by atoms with Gasteiger partial charge in [0.25, 0.3) is 0 Å². The highest BCUT2D eigenvalue weighted by atomic mass is 16.7. The van der Waals surface area contributed by atoms with Gasteiger partial charge in [-0.05, 0) is 0 Å². The van der Waals surface area contributed by atoms with Crippen molar-refractivity contribution in [2.75, 3.05) is 99.6 Å². The predicted molar refractivity (Wildman–Crippen MR) is 169 cm³/mol. The first-order valence-corrected chi connectivity index (χ1v) is 16.4.